The Morgan fingerprint density at radius 1 is 1.57 bits per heavy atom. The van der Waals surface area contributed by atoms with Crippen LogP contribution >= 0.6 is 11.8 Å². The lowest BCUT2D eigenvalue weighted by Crippen LogP contribution is -2.18. The second-order valence-electron chi connectivity index (χ2n) is 3.36. The van der Waals surface area contributed by atoms with Gasteiger partial charge in [0.05, 0.1) is 6.10 Å². The zero-order valence-corrected chi connectivity index (χ0v) is 8.88. The fourth-order valence-electron chi connectivity index (χ4n) is 1.74. The molecule has 6 heteroatoms. The van der Waals surface area contributed by atoms with Gasteiger partial charge in [-0.05, 0) is 19.3 Å². The van der Waals surface area contributed by atoms with Crippen molar-refractivity contribution in [3.8, 4) is 0 Å². The molecule has 14 heavy (non-hydrogen) atoms. The van der Waals surface area contributed by atoms with Gasteiger partial charge in [0.1, 0.15) is 0 Å². The van der Waals surface area contributed by atoms with Gasteiger partial charge in [-0.3, -0.25) is 0 Å². The van der Waals surface area contributed by atoms with Gasteiger partial charge in [-0.1, -0.05) is 11.8 Å². The molecule has 1 aliphatic rings. The van der Waals surface area contributed by atoms with E-state index in [1.165, 1.54) is 6.42 Å². The molecule has 3 N–H and O–H groups in total. The minimum Gasteiger partial charge on any atom is -0.380 e. The maximum atomic E-state index is 5.45. The van der Waals surface area contributed by atoms with Crippen LogP contribution in [0.15, 0.2) is 5.16 Å². The van der Waals surface area contributed by atoms with Crippen molar-refractivity contribution in [3.05, 3.63) is 0 Å². The van der Waals surface area contributed by atoms with Crippen molar-refractivity contribution in [2.24, 2.45) is 0 Å². The second kappa shape index (κ2) is 4.18. The number of methoxy groups -OCH3 is 1. The molecule has 5 nitrogen and oxygen atoms in total. The smallest absolute Gasteiger partial charge is 0.216 e. The highest BCUT2D eigenvalue weighted by molar-refractivity contribution is 7.99. The number of anilines is 1. The van der Waals surface area contributed by atoms with Gasteiger partial charge in [-0.2, -0.15) is 4.98 Å². The Bertz CT molecular complexity index is 303. The summed E-state index contributed by atoms with van der Waals surface area (Å²) in [4.78, 5) is 4.06. The van der Waals surface area contributed by atoms with E-state index in [9.17, 15) is 0 Å². The van der Waals surface area contributed by atoms with Crippen LogP contribution in [0.3, 0.4) is 0 Å². The number of nitrogens with one attached hydrogen (secondary N) is 1. The zero-order valence-electron chi connectivity index (χ0n) is 8.06. The average molecular weight is 214 g/mol. The predicted octanol–water partition coefficient (Wildman–Crippen LogP) is 1.05. The van der Waals surface area contributed by atoms with Crippen LogP contribution in [0.2, 0.25) is 0 Å². The van der Waals surface area contributed by atoms with Gasteiger partial charge < -0.3 is 10.5 Å². The number of nitrogens with zero attached hydrogens (tertiary/aromatic N) is 2. The van der Waals surface area contributed by atoms with E-state index in [0.29, 0.717) is 17.3 Å². The number of thioether (sulfide) groups is 1. The third-order valence-electron chi connectivity index (χ3n) is 2.43. The first-order chi connectivity index (χ1) is 6.79. The average Bonchev–Trinajstić information content (AvgIpc) is 2.76. The molecule has 0 bridgehead atoms. The molecule has 1 fully saturated rings. The molecule has 0 aromatic carbocycles. The first-order valence-corrected chi connectivity index (χ1v) is 5.55. The number of hydrogen-bond acceptors (Lipinski definition) is 5. The van der Waals surface area contributed by atoms with Crippen LogP contribution in [-0.4, -0.2) is 33.6 Å². The number of H-pyrrole nitrogens is 1. The number of nitrogens with two attached hydrogens (primary N) is 1. The Kier molecular flexibility index (Phi) is 2.93. The molecule has 1 aromatic rings. The van der Waals surface area contributed by atoms with E-state index in [1.807, 2.05) is 0 Å². The third kappa shape index (κ3) is 2.01. The van der Waals surface area contributed by atoms with E-state index < -0.39 is 0 Å². The Morgan fingerprint density at radius 2 is 2.43 bits per heavy atom. The quantitative estimate of drug-likeness (QED) is 0.786. The van der Waals surface area contributed by atoms with Crippen molar-refractivity contribution in [2.45, 2.75) is 35.8 Å². The fraction of sp³-hybridized carbons (Fsp3) is 0.750. The Morgan fingerprint density at radius 3 is 3.07 bits per heavy atom. The molecule has 0 amide bonds. The molecular formula is C8H14N4OS. The molecule has 2 rings (SSSR count). The second-order valence-corrected chi connectivity index (χ2v) is 4.57. The van der Waals surface area contributed by atoms with Gasteiger partial charge in [-0.15, -0.1) is 5.10 Å². The molecule has 0 aliphatic heterocycles. The normalized spacial score (nSPS) is 26.9. The minimum atomic E-state index is 0.333. The van der Waals surface area contributed by atoms with Crippen LogP contribution in [0.1, 0.15) is 19.3 Å². The highest BCUT2D eigenvalue weighted by Crippen LogP contribution is 2.34. The Balaban J connectivity index is 1.96. The summed E-state index contributed by atoms with van der Waals surface area (Å²) in [6.45, 7) is 0. The molecule has 2 atom stereocenters. The molecule has 1 aromatic heterocycles. The summed E-state index contributed by atoms with van der Waals surface area (Å²) in [7, 11) is 1.76. The summed E-state index contributed by atoms with van der Waals surface area (Å²) in [6.07, 6.45) is 3.85. The van der Waals surface area contributed by atoms with Gasteiger partial charge in [0.25, 0.3) is 0 Å². The highest BCUT2D eigenvalue weighted by atomic mass is 32.2. The topological polar surface area (TPSA) is 76.8 Å². The van der Waals surface area contributed by atoms with E-state index in [-0.39, 0.29) is 0 Å². The number of aromatic nitrogens is 3. The van der Waals surface area contributed by atoms with E-state index in [0.717, 1.165) is 18.0 Å². The first-order valence-electron chi connectivity index (χ1n) is 4.67. The van der Waals surface area contributed by atoms with Crippen molar-refractivity contribution in [3.63, 3.8) is 0 Å². The van der Waals surface area contributed by atoms with Gasteiger partial charge in [0.2, 0.25) is 11.1 Å². The Labute approximate surface area is 86.8 Å². The monoisotopic (exact) mass is 214 g/mol. The van der Waals surface area contributed by atoms with Crippen LogP contribution in [0.25, 0.3) is 0 Å². The number of nitrogen functional groups attached to an aromatic ring is 1. The highest BCUT2D eigenvalue weighted by Gasteiger charge is 2.28. The predicted molar refractivity (Wildman–Crippen MR) is 55.1 cm³/mol. The van der Waals surface area contributed by atoms with Crippen molar-refractivity contribution in [1.82, 2.24) is 15.2 Å². The lowest BCUT2D eigenvalue weighted by atomic mass is 10.3. The lowest BCUT2D eigenvalue weighted by molar-refractivity contribution is 0.113. The van der Waals surface area contributed by atoms with E-state index >= 15 is 0 Å². The van der Waals surface area contributed by atoms with Gasteiger partial charge in [0, 0.05) is 12.4 Å². The van der Waals surface area contributed by atoms with Crippen molar-refractivity contribution in [1.29, 1.82) is 0 Å². The summed E-state index contributed by atoms with van der Waals surface area (Å²) in [5.74, 6) is 0.375. The van der Waals surface area contributed by atoms with E-state index in [4.69, 9.17) is 10.5 Å². The van der Waals surface area contributed by atoms with Crippen LogP contribution in [-0.2, 0) is 4.74 Å². The molecule has 1 heterocycles. The maximum Gasteiger partial charge on any atom is 0.216 e. The molecule has 1 aliphatic carbocycles. The molecule has 1 saturated carbocycles. The van der Waals surface area contributed by atoms with Crippen LogP contribution < -0.4 is 5.73 Å². The molecule has 0 spiro atoms. The third-order valence-corrected chi connectivity index (χ3v) is 3.67. The van der Waals surface area contributed by atoms with Crippen LogP contribution in [0.5, 0.6) is 0 Å². The summed E-state index contributed by atoms with van der Waals surface area (Å²) in [5, 5.41) is 7.81. The number of ether oxygens (including phenoxy) is 1. The summed E-state index contributed by atoms with van der Waals surface area (Å²) >= 11 is 1.65. The van der Waals surface area contributed by atoms with Gasteiger partial charge >= 0.3 is 0 Å². The number of rotatable bonds is 3. The minimum absolute atomic E-state index is 0.333. The Hall–Kier alpha value is -0.750. The standard InChI is InChI=1S/C8H14N4OS/c1-13-5-3-2-4-6(5)14-8-10-7(9)11-12-8/h5-6H,2-4H2,1H3,(H3,9,10,11,12). The van der Waals surface area contributed by atoms with Crippen molar-refractivity contribution < 1.29 is 4.74 Å². The van der Waals surface area contributed by atoms with Crippen LogP contribution in [0.4, 0.5) is 5.95 Å². The number of aromatic amines is 1. The largest absolute Gasteiger partial charge is 0.380 e. The van der Waals surface area contributed by atoms with E-state index in [1.54, 1.807) is 18.9 Å². The fourth-order valence-corrected chi connectivity index (χ4v) is 2.95. The SMILES string of the molecule is COC1CCCC1Sc1n[nH]c(N)n1. The van der Waals surface area contributed by atoms with E-state index in [2.05, 4.69) is 15.2 Å². The van der Waals surface area contributed by atoms with Crippen LogP contribution in [0, 0.1) is 0 Å². The van der Waals surface area contributed by atoms with Crippen molar-refractivity contribution in [2.75, 3.05) is 12.8 Å². The lowest BCUT2D eigenvalue weighted by Gasteiger charge is -2.15. The summed E-state index contributed by atoms with van der Waals surface area (Å²) in [6, 6.07) is 0. The van der Waals surface area contributed by atoms with Crippen molar-refractivity contribution >= 4 is 17.7 Å². The molecule has 2 unspecified atom stereocenters. The van der Waals surface area contributed by atoms with Gasteiger partial charge in [-0.25, -0.2) is 5.10 Å². The summed E-state index contributed by atoms with van der Waals surface area (Å²) < 4.78 is 5.38. The molecule has 0 saturated heterocycles. The van der Waals surface area contributed by atoms with Gasteiger partial charge in [0.15, 0.2) is 0 Å². The molecule has 78 valence electrons. The number of hydrogen-bond donors (Lipinski definition) is 2. The zero-order chi connectivity index (χ0) is 9.97. The first kappa shape index (κ1) is 9.79. The maximum absolute atomic E-state index is 5.45. The molecular weight excluding hydrogens is 200 g/mol. The molecule has 0 radical (unpaired) electrons. The summed E-state index contributed by atoms with van der Waals surface area (Å²) in [5.41, 5.74) is 5.45.